The quantitative estimate of drug-likeness (QED) is 0.228. The second-order valence-corrected chi connectivity index (χ2v) is 7.68. The van der Waals surface area contributed by atoms with Gasteiger partial charge in [-0.3, -0.25) is 9.79 Å². The van der Waals surface area contributed by atoms with Gasteiger partial charge in [0, 0.05) is 16.8 Å². The van der Waals surface area contributed by atoms with E-state index in [1.165, 1.54) is 19.1 Å². The highest BCUT2D eigenvalue weighted by Gasteiger charge is 2.33. The van der Waals surface area contributed by atoms with E-state index in [0.29, 0.717) is 22.5 Å². The fourth-order valence-corrected chi connectivity index (χ4v) is 3.39. The fraction of sp³-hybridized carbons (Fsp3) is 0.192. The van der Waals surface area contributed by atoms with Crippen LogP contribution in [0.3, 0.4) is 0 Å². The largest absolute Gasteiger partial charge is 0.413 e. The molecule has 1 aromatic rings. The summed E-state index contributed by atoms with van der Waals surface area (Å²) < 4.78 is 53.7. The molecular formula is C26H24F4N4O. The molecule has 3 rings (SSSR count). The summed E-state index contributed by atoms with van der Waals surface area (Å²) in [6, 6.07) is 6.96. The van der Waals surface area contributed by atoms with Crippen LogP contribution in [0, 0.1) is 0 Å². The lowest BCUT2D eigenvalue weighted by Crippen LogP contribution is -2.22. The monoisotopic (exact) mass is 484 g/mol. The number of benzene rings is 1. The maximum absolute atomic E-state index is 14.0. The molecule has 9 heteroatoms. The molecule has 5 nitrogen and oxygen atoms in total. The average molecular weight is 484 g/mol. The van der Waals surface area contributed by atoms with Crippen LogP contribution in [0.25, 0.3) is 0 Å². The molecule has 1 aliphatic carbocycles. The highest BCUT2D eigenvalue weighted by atomic mass is 19.4. The standard InChI is InChI=1S/C26H24F4N4O/c1-3-22(33-23-7-5-4-6-21(23)16(2)35)25(31)34-24-11-8-17(12-13-32-24)18-14-19(26(28,29)30)9-10-20(27)15-18/h3-8,10-12,14-15,33H,9,13H2,1-2H3,(H2,31,32,34)/b22-3+. The minimum atomic E-state index is -4.56. The Balaban J connectivity index is 1.82. The van der Waals surface area contributed by atoms with Crippen molar-refractivity contribution in [3.05, 3.63) is 101 Å². The number of halogens is 4. The topological polar surface area (TPSA) is 79.8 Å². The van der Waals surface area contributed by atoms with Crippen molar-refractivity contribution in [2.45, 2.75) is 26.4 Å². The Morgan fingerprint density at radius 3 is 2.57 bits per heavy atom. The summed E-state index contributed by atoms with van der Waals surface area (Å²) in [5.74, 6) is -0.526. The molecule has 0 saturated heterocycles. The molecule has 0 aromatic heterocycles. The number of para-hydroxylation sites is 1. The van der Waals surface area contributed by atoms with Gasteiger partial charge in [-0.15, -0.1) is 0 Å². The van der Waals surface area contributed by atoms with Gasteiger partial charge in [0.2, 0.25) is 0 Å². The number of hydrogen-bond donors (Lipinski definition) is 2. The highest BCUT2D eigenvalue weighted by molar-refractivity contribution is 6.10. The fourth-order valence-electron chi connectivity index (χ4n) is 3.39. The number of alkyl halides is 3. The lowest BCUT2D eigenvalue weighted by atomic mass is 10.0. The Bertz CT molecular complexity index is 1260. The first-order valence-electron chi connectivity index (χ1n) is 10.7. The number of carbonyl (C=O) groups excluding carboxylic acids is 1. The number of nitrogens with zero attached hydrogens (tertiary/aromatic N) is 2. The molecule has 0 spiro atoms. The third-order valence-electron chi connectivity index (χ3n) is 5.19. The van der Waals surface area contributed by atoms with Crippen LogP contribution in [0.15, 0.2) is 105 Å². The van der Waals surface area contributed by atoms with Crippen LogP contribution in [-0.2, 0) is 0 Å². The Hall–Kier alpha value is -4.01. The first-order valence-corrected chi connectivity index (χ1v) is 10.7. The van der Waals surface area contributed by atoms with Crippen molar-refractivity contribution in [3.8, 4) is 0 Å². The van der Waals surface area contributed by atoms with E-state index in [2.05, 4.69) is 15.3 Å². The molecule has 1 aromatic carbocycles. The zero-order chi connectivity index (χ0) is 25.6. The van der Waals surface area contributed by atoms with Crippen LogP contribution in [0.4, 0.5) is 23.2 Å². The number of ketones is 1. The van der Waals surface area contributed by atoms with Crippen LogP contribution >= 0.6 is 0 Å². The number of Topliss-reactive ketones (excluding diaryl/α,β-unsaturated/α-hetero) is 1. The predicted octanol–water partition coefficient (Wildman–Crippen LogP) is 6.13. The van der Waals surface area contributed by atoms with Gasteiger partial charge in [0.05, 0.1) is 12.2 Å². The second-order valence-electron chi connectivity index (χ2n) is 7.68. The molecule has 0 saturated carbocycles. The van der Waals surface area contributed by atoms with Gasteiger partial charge in [0.1, 0.15) is 17.5 Å². The van der Waals surface area contributed by atoms with E-state index in [9.17, 15) is 22.4 Å². The molecule has 0 unspecified atom stereocenters. The van der Waals surface area contributed by atoms with Crippen molar-refractivity contribution >= 4 is 23.1 Å². The van der Waals surface area contributed by atoms with Crippen molar-refractivity contribution in [1.82, 2.24) is 0 Å². The Kier molecular flexibility index (Phi) is 8.01. The molecule has 0 radical (unpaired) electrons. The second kappa shape index (κ2) is 10.9. The predicted molar refractivity (Wildman–Crippen MR) is 131 cm³/mol. The van der Waals surface area contributed by atoms with Gasteiger partial charge in [-0.05, 0) is 67.9 Å². The van der Waals surface area contributed by atoms with Crippen molar-refractivity contribution in [1.29, 1.82) is 0 Å². The van der Waals surface area contributed by atoms with E-state index in [4.69, 9.17) is 5.73 Å². The van der Waals surface area contributed by atoms with Crippen molar-refractivity contribution in [3.63, 3.8) is 0 Å². The van der Waals surface area contributed by atoms with Gasteiger partial charge < -0.3 is 11.1 Å². The van der Waals surface area contributed by atoms with Gasteiger partial charge in [-0.1, -0.05) is 30.4 Å². The van der Waals surface area contributed by atoms with E-state index in [0.717, 1.165) is 18.2 Å². The summed E-state index contributed by atoms with van der Waals surface area (Å²) in [6.45, 7) is 3.32. The van der Waals surface area contributed by atoms with E-state index < -0.39 is 24.0 Å². The van der Waals surface area contributed by atoms with Gasteiger partial charge in [0.25, 0.3) is 0 Å². The van der Waals surface area contributed by atoms with Crippen LogP contribution in [-0.4, -0.2) is 30.2 Å². The maximum Gasteiger partial charge on any atom is 0.413 e. The molecule has 0 bridgehead atoms. The molecular weight excluding hydrogens is 460 g/mol. The molecule has 0 fully saturated rings. The lowest BCUT2D eigenvalue weighted by molar-refractivity contribution is -0.0929. The number of anilines is 1. The van der Waals surface area contributed by atoms with Gasteiger partial charge in [-0.25, -0.2) is 9.38 Å². The number of nitrogens with one attached hydrogen (secondary N) is 1. The van der Waals surface area contributed by atoms with Crippen LogP contribution in [0.2, 0.25) is 0 Å². The Morgan fingerprint density at radius 2 is 1.89 bits per heavy atom. The summed E-state index contributed by atoms with van der Waals surface area (Å²) in [4.78, 5) is 20.5. The first-order chi connectivity index (χ1) is 16.6. The summed E-state index contributed by atoms with van der Waals surface area (Å²) in [7, 11) is 0. The van der Waals surface area contributed by atoms with Gasteiger partial charge in [0.15, 0.2) is 5.78 Å². The van der Waals surface area contributed by atoms with Crippen LogP contribution < -0.4 is 11.1 Å². The smallest absolute Gasteiger partial charge is 0.382 e. The minimum absolute atomic E-state index is 0.0878. The summed E-state index contributed by atoms with van der Waals surface area (Å²) in [5, 5.41) is 3.10. The van der Waals surface area contributed by atoms with Gasteiger partial charge in [-0.2, -0.15) is 13.2 Å². The molecule has 0 amide bonds. The molecule has 1 aliphatic heterocycles. The van der Waals surface area contributed by atoms with Crippen LogP contribution in [0.5, 0.6) is 0 Å². The average Bonchev–Trinajstić information content (AvgIpc) is 3.15. The molecule has 35 heavy (non-hydrogen) atoms. The van der Waals surface area contributed by atoms with Crippen molar-refractivity contribution < 1.29 is 22.4 Å². The van der Waals surface area contributed by atoms with E-state index >= 15 is 0 Å². The zero-order valence-electron chi connectivity index (χ0n) is 19.2. The molecule has 3 N–H and O–H groups in total. The number of aliphatic imine (C=N–C) groups is 2. The number of allylic oxidation sites excluding steroid dienone is 9. The van der Waals surface area contributed by atoms with Gasteiger partial charge >= 0.3 is 6.18 Å². The van der Waals surface area contributed by atoms with Crippen molar-refractivity contribution in [2.24, 2.45) is 15.7 Å². The molecule has 2 aliphatic rings. The summed E-state index contributed by atoms with van der Waals surface area (Å²) >= 11 is 0. The normalized spacial score (nSPS) is 17.4. The first kappa shape index (κ1) is 25.6. The number of rotatable bonds is 5. The van der Waals surface area contributed by atoms with Crippen LogP contribution in [0.1, 0.15) is 30.6 Å². The SMILES string of the molecule is C/C=C(/Nc1ccccc1C(C)=O)C(N)=NC1=NCC=C(C2=CC(F)=CCC(C(F)(F)F)=C2)C=C1. The highest BCUT2D eigenvalue weighted by Crippen LogP contribution is 2.34. The zero-order valence-corrected chi connectivity index (χ0v) is 19.2. The number of amidine groups is 2. The number of nitrogens with two attached hydrogens (primary N) is 1. The van der Waals surface area contributed by atoms with E-state index in [1.807, 2.05) is 0 Å². The van der Waals surface area contributed by atoms with Crippen molar-refractivity contribution in [2.75, 3.05) is 11.9 Å². The Labute approximate surface area is 200 Å². The van der Waals surface area contributed by atoms with E-state index in [-0.39, 0.29) is 29.6 Å². The summed E-state index contributed by atoms with van der Waals surface area (Å²) in [6.07, 6.45) is 4.09. The third kappa shape index (κ3) is 6.75. The number of hydrogen-bond acceptors (Lipinski definition) is 4. The molecule has 1 heterocycles. The Morgan fingerprint density at radius 1 is 1.14 bits per heavy atom. The summed E-state index contributed by atoms with van der Waals surface area (Å²) in [5.41, 5.74) is 7.30. The molecule has 182 valence electrons. The third-order valence-corrected chi connectivity index (χ3v) is 5.19. The molecule has 0 atom stereocenters. The maximum atomic E-state index is 14.0. The van der Waals surface area contributed by atoms with E-state index in [1.54, 1.807) is 43.3 Å². The number of carbonyl (C=O) groups is 1. The lowest BCUT2D eigenvalue weighted by Gasteiger charge is -2.13. The minimum Gasteiger partial charge on any atom is -0.382 e.